The molecule has 2 aliphatic rings. The van der Waals surface area contributed by atoms with E-state index in [9.17, 15) is 20.1 Å². The number of aliphatic hydroxyl groups excluding tert-OH is 2. The van der Waals surface area contributed by atoms with Gasteiger partial charge in [-0.25, -0.2) is 4.79 Å². The maximum Gasteiger partial charge on any atom is 0.335 e. The molecule has 1 unspecified atom stereocenters. The summed E-state index contributed by atoms with van der Waals surface area (Å²) in [6.45, 7) is 0.513. The molecule has 1 heterocycles. The molecule has 168 valence electrons. The fraction of sp³-hybridized carbons (Fsp3) is 0.346. The highest BCUT2D eigenvalue weighted by Crippen LogP contribution is 2.41. The van der Waals surface area contributed by atoms with Crippen molar-refractivity contribution in [2.75, 3.05) is 13.2 Å². The van der Waals surface area contributed by atoms with Crippen molar-refractivity contribution in [3.63, 3.8) is 0 Å². The van der Waals surface area contributed by atoms with Crippen molar-refractivity contribution in [2.24, 2.45) is 11.8 Å². The van der Waals surface area contributed by atoms with E-state index in [-0.39, 0.29) is 30.1 Å². The van der Waals surface area contributed by atoms with Gasteiger partial charge in [-0.15, -0.1) is 0 Å². The number of fused-ring (bicyclic) bond motifs is 1. The zero-order chi connectivity index (χ0) is 22.5. The first-order valence-corrected chi connectivity index (χ1v) is 10.9. The maximum atomic E-state index is 11.3. The lowest BCUT2D eigenvalue weighted by atomic mass is 9.89. The number of allylic oxidation sites excluding steroid dienone is 1. The number of rotatable bonds is 7. The highest BCUT2D eigenvalue weighted by atomic mass is 16.5. The van der Waals surface area contributed by atoms with Crippen LogP contribution >= 0.6 is 0 Å². The largest absolute Gasteiger partial charge is 0.491 e. The highest BCUT2D eigenvalue weighted by molar-refractivity contribution is 5.89. The van der Waals surface area contributed by atoms with Crippen molar-refractivity contribution in [2.45, 2.75) is 31.2 Å². The Hall–Kier alpha value is -2.93. The van der Waals surface area contributed by atoms with E-state index in [0.717, 1.165) is 11.1 Å². The van der Waals surface area contributed by atoms with Gasteiger partial charge in [0.25, 0.3) is 0 Å². The van der Waals surface area contributed by atoms with Crippen LogP contribution in [0.25, 0.3) is 5.57 Å². The van der Waals surface area contributed by atoms with Gasteiger partial charge in [-0.3, -0.25) is 0 Å². The van der Waals surface area contributed by atoms with E-state index in [1.807, 2.05) is 42.5 Å². The summed E-state index contributed by atoms with van der Waals surface area (Å²) in [4.78, 5) is 11.3. The molecule has 1 aliphatic heterocycles. The zero-order valence-corrected chi connectivity index (χ0v) is 17.7. The lowest BCUT2D eigenvalue weighted by molar-refractivity contribution is 0.0470. The molecule has 0 radical (unpaired) electrons. The Morgan fingerprint density at radius 2 is 2.00 bits per heavy atom. The third-order valence-electron chi connectivity index (χ3n) is 6.18. The first-order chi connectivity index (χ1) is 15.5. The normalized spacial score (nSPS) is 26.2. The Bertz CT molecular complexity index is 983. The predicted molar refractivity (Wildman–Crippen MR) is 120 cm³/mol. The topological polar surface area (TPSA) is 96.2 Å². The van der Waals surface area contributed by atoms with E-state index >= 15 is 0 Å². The molecule has 2 aromatic rings. The molecule has 3 N–H and O–H groups in total. The van der Waals surface area contributed by atoms with E-state index in [2.05, 4.69) is 6.08 Å². The number of carboxylic acid groups (broad SMARTS) is 1. The van der Waals surface area contributed by atoms with Gasteiger partial charge in [0, 0.05) is 12.3 Å². The quantitative estimate of drug-likeness (QED) is 0.575. The second-order valence-electron chi connectivity index (χ2n) is 8.32. The van der Waals surface area contributed by atoms with Crippen LogP contribution in [0.15, 0.2) is 72.8 Å². The lowest BCUT2D eigenvalue weighted by Crippen LogP contribution is -2.22. The first-order valence-electron chi connectivity index (χ1n) is 10.9. The van der Waals surface area contributed by atoms with Gasteiger partial charge < -0.3 is 24.8 Å². The van der Waals surface area contributed by atoms with Gasteiger partial charge in [-0.05, 0) is 47.7 Å². The van der Waals surface area contributed by atoms with Crippen molar-refractivity contribution in [3.05, 3.63) is 84.0 Å². The third kappa shape index (κ3) is 5.27. The number of carbonyl (C=O) groups is 1. The van der Waals surface area contributed by atoms with E-state index in [1.165, 1.54) is 0 Å². The van der Waals surface area contributed by atoms with E-state index in [0.29, 0.717) is 25.2 Å². The molecule has 6 heteroatoms. The molecule has 0 bridgehead atoms. The fourth-order valence-electron chi connectivity index (χ4n) is 4.47. The molecule has 4 rings (SSSR count). The van der Waals surface area contributed by atoms with Crippen molar-refractivity contribution in [3.8, 4) is 5.75 Å². The summed E-state index contributed by atoms with van der Waals surface area (Å²) in [6, 6.07) is 16.2. The summed E-state index contributed by atoms with van der Waals surface area (Å²) in [7, 11) is 0. The van der Waals surface area contributed by atoms with Crippen LogP contribution in [-0.4, -0.2) is 52.8 Å². The number of hydrogen-bond donors (Lipinski definition) is 3. The molecule has 6 nitrogen and oxygen atoms in total. The average molecular weight is 437 g/mol. The van der Waals surface area contributed by atoms with Gasteiger partial charge in [0.1, 0.15) is 18.5 Å². The molecule has 32 heavy (non-hydrogen) atoms. The van der Waals surface area contributed by atoms with Crippen LogP contribution in [-0.2, 0) is 4.74 Å². The van der Waals surface area contributed by atoms with Crippen molar-refractivity contribution in [1.82, 2.24) is 0 Å². The summed E-state index contributed by atoms with van der Waals surface area (Å²) >= 11 is 0. The Morgan fingerprint density at radius 3 is 2.78 bits per heavy atom. The summed E-state index contributed by atoms with van der Waals surface area (Å²) in [5, 5.41) is 30.1. The Kier molecular flexibility index (Phi) is 7.05. The molecule has 1 aliphatic carbocycles. The van der Waals surface area contributed by atoms with Gasteiger partial charge in [-0.2, -0.15) is 0 Å². The minimum Gasteiger partial charge on any atom is -0.491 e. The summed E-state index contributed by atoms with van der Waals surface area (Å²) < 4.78 is 11.7. The average Bonchev–Trinajstić information content (AvgIpc) is 2.96. The summed E-state index contributed by atoms with van der Waals surface area (Å²) in [6.07, 6.45) is 5.49. The van der Waals surface area contributed by atoms with Gasteiger partial charge in [0.15, 0.2) is 0 Å². The number of carboxylic acids is 1. The zero-order valence-electron chi connectivity index (χ0n) is 17.7. The van der Waals surface area contributed by atoms with Crippen LogP contribution in [0.5, 0.6) is 5.75 Å². The monoisotopic (exact) mass is 436 g/mol. The Labute approximate surface area is 187 Å². The van der Waals surface area contributed by atoms with Crippen molar-refractivity contribution in [1.29, 1.82) is 0 Å². The number of ether oxygens (including phenoxy) is 2. The van der Waals surface area contributed by atoms with Crippen LogP contribution in [0.1, 0.15) is 28.8 Å². The van der Waals surface area contributed by atoms with Crippen molar-refractivity contribution >= 4 is 11.5 Å². The third-order valence-corrected chi connectivity index (χ3v) is 6.18. The van der Waals surface area contributed by atoms with Crippen LogP contribution < -0.4 is 4.74 Å². The second-order valence-corrected chi connectivity index (χ2v) is 8.32. The number of benzene rings is 2. The number of aliphatic hydroxyl groups is 2. The molecule has 0 spiro atoms. The molecule has 1 saturated carbocycles. The summed E-state index contributed by atoms with van der Waals surface area (Å²) in [5.74, 6) is -0.305. The molecular weight excluding hydrogens is 408 g/mol. The predicted octanol–water partition coefficient (Wildman–Crippen LogP) is 3.55. The standard InChI is InChI=1S/C26H28O6/c27-20(16-31-21-7-2-1-3-8-21)10-12-22-23-11-9-19(15-32-25(23)14-24(22)28)17-5-4-6-18(13-17)26(29)30/h1-10,12-13,20,22-25,27-28H,11,14-16H2,(H,29,30)/t20?,22-,23-,24-,25+/m1/s1. The van der Waals surface area contributed by atoms with E-state index < -0.39 is 18.2 Å². The van der Waals surface area contributed by atoms with Gasteiger partial charge in [0.05, 0.1) is 24.4 Å². The van der Waals surface area contributed by atoms with Gasteiger partial charge in [0.2, 0.25) is 0 Å². The fourth-order valence-corrected chi connectivity index (χ4v) is 4.47. The second kappa shape index (κ2) is 10.1. The lowest BCUT2D eigenvalue weighted by Gasteiger charge is -2.20. The van der Waals surface area contributed by atoms with Crippen LogP contribution in [0.2, 0.25) is 0 Å². The molecule has 5 atom stereocenters. The Balaban J connectivity index is 1.41. The molecule has 0 amide bonds. The molecule has 2 aromatic carbocycles. The maximum absolute atomic E-state index is 11.3. The SMILES string of the molecule is O=C(O)c1cccc(C2=CC[C@@H]3[C@@H](C=CC(O)COc4ccccc4)[C@H](O)C[C@@H]3OC2)c1. The minimum atomic E-state index is -0.956. The molecule has 0 saturated heterocycles. The minimum absolute atomic E-state index is 0.0867. The van der Waals surface area contributed by atoms with Crippen LogP contribution in [0.3, 0.4) is 0 Å². The van der Waals surface area contributed by atoms with Gasteiger partial charge in [-0.1, -0.05) is 48.6 Å². The van der Waals surface area contributed by atoms with Gasteiger partial charge >= 0.3 is 5.97 Å². The highest BCUT2D eigenvalue weighted by Gasteiger charge is 2.42. The van der Waals surface area contributed by atoms with E-state index in [1.54, 1.807) is 24.3 Å². The summed E-state index contributed by atoms with van der Waals surface area (Å²) in [5.41, 5.74) is 2.04. The molecule has 1 fully saturated rings. The Morgan fingerprint density at radius 1 is 1.19 bits per heavy atom. The number of para-hydroxylation sites is 1. The number of hydrogen-bond acceptors (Lipinski definition) is 5. The molecular formula is C26H28O6. The number of aromatic carboxylic acids is 1. The smallest absolute Gasteiger partial charge is 0.335 e. The molecule has 0 aromatic heterocycles. The van der Waals surface area contributed by atoms with Crippen LogP contribution in [0, 0.1) is 11.8 Å². The van der Waals surface area contributed by atoms with Crippen LogP contribution in [0.4, 0.5) is 0 Å². The van der Waals surface area contributed by atoms with E-state index in [4.69, 9.17) is 9.47 Å². The first kappa shape index (κ1) is 22.3. The van der Waals surface area contributed by atoms with Crippen molar-refractivity contribution < 1.29 is 29.6 Å².